The van der Waals surface area contributed by atoms with E-state index in [1.165, 1.54) is 0 Å². The van der Waals surface area contributed by atoms with E-state index in [9.17, 15) is 4.79 Å². The molecule has 2 aromatic heterocycles. The van der Waals surface area contributed by atoms with Crippen LogP contribution in [0.1, 0.15) is 18.7 Å². The van der Waals surface area contributed by atoms with Crippen LogP contribution in [-0.4, -0.2) is 22.7 Å². The molecule has 0 unspecified atom stereocenters. The van der Waals surface area contributed by atoms with Crippen molar-refractivity contribution in [2.24, 2.45) is 5.92 Å². The number of thiophene rings is 1. The van der Waals surface area contributed by atoms with Gasteiger partial charge < -0.3 is 9.26 Å². The van der Waals surface area contributed by atoms with Crippen LogP contribution in [0.15, 0.2) is 22.0 Å². The fourth-order valence-electron chi connectivity index (χ4n) is 1.79. The van der Waals surface area contributed by atoms with Crippen LogP contribution in [0, 0.1) is 5.92 Å². The van der Waals surface area contributed by atoms with E-state index in [4.69, 9.17) is 9.26 Å². The number of cyclic esters (lactones) is 1. The standard InChI is InChI=1S/C11H10N2O3S/c1-6-7(5-15-11(6)14)10-12-9(13-16-10)8-3-2-4-17-8/h2-4,6-7H,5H2,1H3/t6-,7+/m0/s1. The van der Waals surface area contributed by atoms with E-state index in [2.05, 4.69) is 10.1 Å². The lowest BCUT2D eigenvalue weighted by atomic mass is 9.98. The minimum absolute atomic E-state index is 0.122. The van der Waals surface area contributed by atoms with Crippen molar-refractivity contribution in [2.45, 2.75) is 12.8 Å². The fourth-order valence-corrected chi connectivity index (χ4v) is 2.44. The second-order valence-electron chi connectivity index (χ2n) is 3.96. The van der Waals surface area contributed by atoms with E-state index >= 15 is 0 Å². The summed E-state index contributed by atoms with van der Waals surface area (Å²) in [5, 5.41) is 5.87. The second kappa shape index (κ2) is 3.96. The summed E-state index contributed by atoms with van der Waals surface area (Å²) in [6, 6.07) is 3.86. The van der Waals surface area contributed by atoms with Crippen LogP contribution >= 0.6 is 11.3 Å². The first-order valence-electron chi connectivity index (χ1n) is 5.30. The molecule has 3 rings (SSSR count). The Morgan fingerprint density at radius 1 is 1.53 bits per heavy atom. The predicted molar refractivity (Wildman–Crippen MR) is 60.5 cm³/mol. The molecule has 17 heavy (non-hydrogen) atoms. The average molecular weight is 250 g/mol. The summed E-state index contributed by atoms with van der Waals surface area (Å²) in [7, 11) is 0. The van der Waals surface area contributed by atoms with Crippen LogP contribution in [0.25, 0.3) is 10.7 Å². The lowest BCUT2D eigenvalue weighted by molar-refractivity contribution is -0.140. The Bertz CT molecular complexity index is 535. The van der Waals surface area contributed by atoms with Crippen molar-refractivity contribution < 1.29 is 14.1 Å². The third-order valence-corrected chi connectivity index (χ3v) is 3.75. The minimum atomic E-state index is -0.216. The quantitative estimate of drug-likeness (QED) is 0.763. The van der Waals surface area contributed by atoms with Crippen molar-refractivity contribution in [2.75, 3.05) is 6.61 Å². The molecule has 3 heterocycles. The van der Waals surface area contributed by atoms with E-state index in [0.29, 0.717) is 18.3 Å². The van der Waals surface area contributed by atoms with Gasteiger partial charge in [0.2, 0.25) is 11.7 Å². The summed E-state index contributed by atoms with van der Waals surface area (Å²) >= 11 is 1.55. The van der Waals surface area contributed by atoms with Gasteiger partial charge in [0.25, 0.3) is 0 Å². The molecule has 1 saturated heterocycles. The third kappa shape index (κ3) is 1.74. The van der Waals surface area contributed by atoms with Gasteiger partial charge >= 0.3 is 5.97 Å². The molecule has 2 aromatic rings. The average Bonchev–Trinajstić information content (AvgIpc) is 3.01. The summed E-state index contributed by atoms with van der Waals surface area (Å²) in [5.74, 6) is 0.509. The lowest BCUT2D eigenvalue weighted by Crippen LogP contribution is -2.10. The van der Waals surface area contributed by atoms with Crippen LogP contribution in [0.5, 0.6) is 0 Å². The molecule has 0 aromatic carbocycles. The van der Waals surface area contributed by atoms with E-state index in [1.807, 2.05) is 24.4 Å². The maximum atomic E-state index is 11.3. The first-order valence-corrected chi connectivity index (χ1v) is 6.18. The number of aromatic nitrogens is 2. The zero-order valence-corrected chi connectivity index (χ0v) is 9.94. The van der Waals surface area contributed by atoms with Crippen molar-refractivity contribution >= 4 is 17.3 Å². The third-order valence-electron chi connectivity index (χ3n) is 2.88. The molecule has 2 atom stereocenters. The monoisotopic (exact) mass is 250 g/mol. The first-order chi connectivity index (χ1) is 8.25. The first kappa shape index (κ1) is 10.5. The summed E-state index contributed by atoms with van der Waals surface area (Å²) in [4.78, 5) is 16.6. The summed E-state index contributed by atoms with van der Waals surface area (Å²) in [6.07, 6.45) is 0. The van der Waals surface area contributed by atoms with Crippen LogP contribution < -0.4 is 0 Å². The van der Waals surface area contributed by atoms with Gasteiger partial charge in [-0.15, -0.1) is 11.3 Å². The molecule has 1 aliphatic rings. The molecule has 1 fully saturated rings. The maximum absolute atomic E-state index is 11.3. The normalized spacial score (nSPS) is 23.9. The Balaban J connectivity index is 1.88. The van der Waals surface area contributed by atoms with Gasteiger partial charge in [-0.05, 0) is 11.4 Å². The zero-order valence-electron chi connectivity index (χ0n) is 9.12. The van der Waals surface area contributed by atoms with Crippen LogP contribution in [0.4, 0.5) is 0 Å². The largest absolute Gasteiger partial charge is 0.465 e. The molecule has 0 N–H and O–H groups in total. The number of nitrogens with zero attached hydrogens (tertiary/aromatic N) is 2. The number of rotatable bonds is 2. The maximum Gasteiger partial charge on any atom is 0.309 e. The van der Waals surface area contributed by atoms with Gasteiger partial charge in [0.1, 0.15) is 6.61 Å². The molecule has 88 valence electrons. The highest BCUT2D eigenvalue weighted by Crippen LogP contribution is 2.32. The zero-order chi connectivity index (χ0) is 11.8. The second-order valence-corrected chi connectivity index (χ2v) is 4.91. The van der Waals surface area contributed by atoms with Crippen LogP contribution in [0.3, 0.4) is 0 Å². The van der Waals surface area contributed by atoms with E-state index in [0.717, 1.165) is 4.88 Å². The molecule has 0 bridgehead atoms. The Morgan fingerprint density at radius 2 is 2.41 bits per heavy atom. The van der Waals surface area contributed by atoms with Gasteiger partial charge in [0, 0.05) is 0 Å². The van der Waals surface area contributed by atoms with Crippen molar-refractivity contribution in [1.82, 2.24) is 10.1 Å². The van der Waals surface area contributed by atoms with Gasteiger partial charge in [-0.25, -0.2) is 0 Å². The van der Waals surface area contributed by atoms with E-state index in [1.54, 1.807) is 11.3 Å². The fraction of sp³-hybridized carbons (Fsp3) is 0.364. The number of carbonyl (C=O) groups excluding carboxylic acids is 1. The van der Waals surface area contributed by atoms with Crippen molar-refractivity contribution in [1.29, 1.82) is 0 Å². The summed E-state index contributed by atoms with van der Waals surface area (Å²) < 4.78 is 10.2. The molecular weight excluding hydrogens is 240 g/mol. The topological polar surface area (TPSA) is 65.2 Å². The van der Waals surface area contributed by atoms with Gasteiger partial charge in [-0.2, -0.15) is 4.98 Å². The smallest absolute Gasteiger partial charge is 0.309 e. The molecule has 0 spiro atoms. The Kier molecular flexibility index (Phi) is 2.44. The number of ether oxygens (including phenoxy) is 1. The molecule has 0 amide bonds. The Labute approximate surface area is 101 Å². The Morgan fingerprint density at radius 3 is 3.06 bits per heavy atom. The molecule has 6 heteroatoms. The molecule has 1 aliphatic heterocycles. The number of hydrogen-bond donors (Lipinski definition) is 0. The van der Waals surface area contributed by atoms with Gasteiger partial charge in [0.05, 0.1) is 16.7 Å². The number of esters is 1. The van der Waals surface area contributed by atoms with Crippen molar-refractivity contribution in [3.63, 3.8) is 0 Å². The SMILES string of the molecule is C[C@@H]1C(=O)OC[C@H]1c1nc(-c2cccs2)no1. The van der Waals surface area contributed by atoms with Crippen molar-refractivity contribution in [3.8, 4) is 10.7 Å². The highest BCUT2D eigenvalue weighted by Gasteiger charge is 2.38. The van der Waals surface area contributed by atoms with E-state index < -0.39 is 0 Å². The lowest BCUT2D eigenvalue weighted by Gasteiger charge is -2.02. The minimum Gasteiger partial charge on any atom is -0.465 e. The highest BCUT2D eigenvalue weighted by atomic mass is 32.1. The molecule has 5 nitrogen and oxygen atoms in total. The van der Waals surface area contributed by atoms with Gasteiger partial charge in [-0.1, -0.05) is 18.1 Å². The van der Waals surface area contributed by atoms with E-state index in [-0.39, 0.29) is 17.8 Å². The highest BCUT2D eigenvalue weighted by molar-refractivity contribution is 7.13. The number of hydrogen-bond acceptors (Lipinski definition) is 6. The van der Waals surface area contributed by atoms with Crippen LogP contribution in [-0.2, 0) is 9.53 Å². The molecule has 0 aliphatic carbocycles. The predicted octanol–water partition coefficient (Wildman–Crippen LogP) is 2.07. The Hall–Kier alpha value is -1.69. The summed E-state index contributed by atoms with van der Waals surface area (Å²) in [6.45, 7) is 2.14. The summed E-state index contributed by atoms with van der Waals surface area (Å²) in [5.41, 5.74) is 0. The molecule has 0 saturated carbocycles. The van der Waals surface area contributed by atoms with Crippen LogP contribution in [0.2, 0.25) is 0 Å². The van der Waals surface area contributed by atoms with Gasteiger partial charge in [-0.3, -0.25) is 4.79 Å². The van der Waals surface area contributed by atoms with Crippen molar-refractivity contribution in [3.05, 3.63) is 23.4 Å². The molecular formula is C11H10N2O3S. The van der Waals surface area contributed by atoms with Gasteiger partial charge in [0.15, 0.2) is 0 Å². The number of carbonyl (C=O) groups is 1. The molecule has 0 radical (unpaired) electrons.